The predicted octanol–water partition coefficient (Wildman–Crippen LogP) is 5.00. The molecule has 1 saturated heterocycles. The lowest BCUT2D eigenvalue weighted by atomic mass is 9.65. The lowest BCUT2D eigenvalue weighted by Crippen LogP contribution is -2.39. The molecule has 2 heteroatoms. The molecule has 3 unspecified atom stereocenters. The smallest absolute Gasteiger partial charge is 0.269 e. The molecule has 3 aliphatic rings. The average Bonchev–Trinajstić information content (AvgIpc) is 3.28. The van der Waals surface area contributed by atoms with Crippen molar-refractivity contribution in [1.82, 2.24) is 5.32 Å². The highest BCUT2D eigenvalue weighted by atomic mass is 15.2. The van der Waals surface area contributed by atoms with Crippen LogP contribution in [0.4, 0.5) is 0 Å². The predicted molar refractivity (Wildman–Crippen MR) is 126 cm³/mol. The summed E-state index contributed by atoms with van der Waals surface area (Å²) in [4.78, 5) is 0. The molecule has 0 bridgehead atoms. The van der Waals surface area contributed by atoms with Crippen molar-refractivity contribution in [3.8, 4) is 0 Å². The van der Waals surface area contributed by atoms with Gasteiger partial charge >= 0.3 is 0 Å². The zero-order valence-corrected chi connectivity index (χ0v) is 17.8. The lowest BCUT2D eigenvalue weighted by Gasteiger charge is -2.36. The third-order valence-electron chi connectivity index (χ3n) is 7.50. The molecule has 2 fully saturated rings. The van der Waals surface area contributed by atoms with Gasteiger partial charge in [-0.25, -0.2) is 0 Å². The second kappa shape index (κ2) is 7.53. The summed E-state index contributed by atoms with van der Waals surface area (Å²) in [6.07, 6.45) is 7.43. The van der Waals surface area contributed by atoms with Crippen LogP contribution in [0.2, 0.25) is 0 Å². The maximum absolute atomic E-state index is 3.95. The molecule has 154 valence electrons. The fraction of sp³-hybridized carbons (Fsp3) is 0.276. The van der Waals surface area contributed by atoms with Gasteiger partial charge in [-0.05, 0) is 29.5 Å². The van der Waals surface area contributed by atoms with Crippen molar-refractivity contribution in [2.45, 2.75) is 24.3 Å². The minimum atomic E-state index is -0.184. The summed E-state index contributed by atoms with van der Waals surface area (Å²) in [6.45, 7) is 2.35. The van der Waals surface area contributed by atoms with Crippen LogP contribution in [0.1, 0.15) is 29.5 Å². The number of benzene rings is 3. The first-order valence-corrected chi connectivity index (χ1v) is 11.6. The maximum Gasteiger partial charge on any atom is 0.269 e. The highest BCUT2D eigenvalue weighted by Crippen LogP contribution is 2.59. The van der Waals surface area contributed by atoms with E-state index in [9.17, 15) is 0 Å². The highest BCUT2D eigenvalue weighted by molar-refractivity contribution is 5.91. The molecule has 2 aliphatic heterocycles. The van der Waals surface area contributed by atoms with Crippen LogP contribution >= 0.6 is 0 Å². The Morgan fingerprint density at radius 1 is 0.677 bits per heavy atom. The summed E-state index contributed by atoms with van der Waals surface area (Å²) in [6, 6.07) is 33.9. The third-order valence-corrected chi connectivity index (χ3v) is 7.50. The molecule has 1 N–H and O–H groups in total. The van der Waals surface area contributed by atoms with Gasteiger partial charge in [0.25, 0.3) is 5.84 Å². The van der Waals surface area contributed by atoms with E-state index in [0.29, 0.717) is 17.9 Å². The molecule has 0 radical (unpaired) electrons. The lowest BCUT2D eigenvalue weighted by molar-refractivity contribution is -0.507. The van der Waals surface area contributed by atoms with Crippen LogP contribution in [0, 0.1) is 11.8 Å². The number of nitrogens with one attached hydrogen (secondary N) is 1. The molecule has 2 nitrogen and oxygen atoms in total. The van der Waals surface area contributed by atoms with Crippen molar-refractivity contribution in [3.63, 3.8) is 0 Å². The van der Waals surface area contributed by atoms with Crippen LogP contribution in [0.15, 0.2) is 103 Å². The minimum absolute atomic E-state index is 0.184. The Morgan fingerprint density at radius 2 is 1.16 bits per heavy atom. The molecule has 3 aromatic rings. The number of amidine groups is 1. The standard InChI is InChI=1S/C29H28N2/c1-4-12-22(13-5-1)29(23-14-6-2-7-15-23,24-16-8-3-9-17-24)27-25-18-19-26(30-28(25)27)31-20-10-11-21-31/h1-9,12-19,25,27-28H,10-11,20-21H2/p+1. The fourth-order valence-electron chi connectivity index (χ4n) is 6.07. The first kappa shape index (κ1) is 18.6. The third kappa shape index (κ3) is 2.96. The second-order valence-electron chi connectivity index (χ2n) is 9.12. The summed E-state index contributed by atoms with van der Waals surface area (Å²) in [5, 5.41) is 3.95. The average molecular weight is 406 g/mol. The Kier molecular flexibility index (Phi) is 4.52. The van der Waals surface area contributed by atoms with Gasteiger partial charge in [-0.3, -0.25) is 9.89 Å². The van der Waals surface area contributed by atoms with Gasteiger partial charge < -0.3 is 0 Å². The number of nitrogens with zero attached hydrogens (tertiary/aromatic N) is 1. The molecule has 31 heavy (non-hydrogen) atoms. The second-order valence-corrected chi connectivity index (χ2v) is 9.12. The number of hydrogen-bond acceptors (Lipinski definition) is 0. The van der Waals surface area contributed by atoms with Crippen LogP contribution < -0.4 is 5.32 Å². The first-order valence-electron chi connectivity index (χ1n) is 11.6. The summed E-state index contributed by atoms with van der Waals surface area (Å²) in [5.74, 6) is 2.33. The molecular weight excluding hydrogens is 376 g/mol. The van der Waals surface area contributed by atoms with E-state index in [4.69, 9.17) is 0 Å². The van der Waals surface area contributed by atoms with E-state index in [0.717, 1.165) is 0 Å². The minimum Gasteiger partial charge on any atom is -0.271 e. The maximum atomic E-state index is 3.95. The summed E-state index contributed by atoms with van der Waals surface area (Å²) in [7, 11) is 0. The number of hydrogen-bond donors (Lipinski definition) is 1. The normalized spacial score (nSPS) is 24.6. The first-order chi connectivity index (χ1) is 15.4. The van der Waals surface area contributed by atoms with Crippen LogP contribution in [0.3, 0.4) is 0 Å². The molecular formula is C29H29N2+. The van der Waals surface area contributed by atoms with Crippen molar-refractivity contribution < 1.29 is 4.58 Å². The van der Waals surface area contributed by atoms with E-state index in [1.54, 1.807) is 0 Å². The molecule has 1 aliphatic carbocycles. The van der Waals surface area contributed by atoms with Gasteiger partial charge in [0.2, 0.25) is 0 Å². The summed E-state index contributed by atoms with van der Waals surface area (Å²) >= 11 is 0. The fourth-order valence-corrected chi connectivity index (χ4v) is 6.07. The molecule has 1 saturated carbocycles. The molecule has 3 aromatic carbocycles. The van der Waals surface area contributed by atoms with E-state index < -0.39 is 0 Å². The Hall–Kier alpha value is -3.13. The zero-order valence-electron chi connectivity index (χ0n) is 17.8. The topological polar surface area (TPSA) is 15.0 Å². The number of rotatable bonds is 4. The van der Waals surface area contributed by atoms with Gasteiger partial charge in [0.15, 0.2) is 0 Å². The Labute approximate surface area is 185 Å². The molecule has 3 atom stereocenters. The van der Waals surface area contributed by atoms with Gasteiger partial charge in [0, 0.05) is 17.9 Å². The molecule has 0 amide bonds. The van der Waals surface area contributed by atoms with Gasteiger partial charge in [-0.15, -0.1) is 0 Å². The summed E-state index contributed by atoms with van der Waals surface area (Å²) in [5.41, 5.74) is 3.95. The monoisotopic (exact) mass is 405 g/mol. The van der Waals surface area contributed by atoms with Gasteiger partial charge in [-0.2, -0.15) is 0 Å². The van der Waals surface area contributed by atoms with E-state index in [-0.39, 0.29) is 5.41 Å². The SMILES string of the molecule is C1=CC2C(NC1=[N+]1CCCC1)C2C(c1ccccc1)(c1ccccc1)c1ccccc1. The molecule has 6 rings (SSSR count). The molecule has 0 spiro atoms. The van der Waals surface area contributed by atoms with Crippen molar-refractivity contribution in [1.29, 1.82) is 0 Å². The van der Waals surface area contributed by atoms with Gasteiger partial charge in [0.1, 0.15) is 6.04 Å². The van der Waals surface area contributed by atoms with Crippen molar-refractivity contribution in [2.75, 3.05) is 13.1 Å². The Bertz CT molecular complexity index is 1010. The Morgan fingerprint density at radius 3 is 1.65 bits per heavy atom. The number of fused-ring (bicyclic) bond motifs is 1. The highest BCUT2D eigenvalue weighted by Gasteiger charge is 2.65. The van der Waals surface area contributed by atoms with Crippen molar-refractivity contribution in [3.05, 3.63) is 120 Å². The molecule has 0 aromatic heterocycles. The van der Waals surface area contributed by atoms with E-state index in [1.807, 2.05) is 0 Å². The van der Waals surface area contributed by atoms with Crippen LogP contribution in [0.25, 0.3) is 0 Å². The van der Waals surface area contributed by atoms with E-state index in [2.05, 4.69) is 113 Å². The van der Waals surface area contributed by atoms with Crippen LogP contribution in [-0.2, 0) is 5.41 Å². The van der Waals surface area contributed by atoms with E-state index >= 15 is 0 Å². The van der Waals surface area contributed by atoms with Crippen LogP contribution in [-0.4, -0.2) is 29.5 Å². The largest absolute Gasteiger partial charge is 0.271 e. The quantitative estimate of drug-likeness (QED) is 0.477. The Balaban J connectivity index is 1.53. The van der Waals surface area contributed by atoms with Gasteiger partial charge in [0.05, 0.1) is 18.5 Å². The zero-order chi connectivity index (χ0) is 20.7. The van der Waals surface area contributed by atoms with Crippen molar-refractivity contribution in [2.24, 2.45) is 11.8 Å². The molecule has 2 heterocycles. The van der Waals surface area contributed by atoms with E-state index in [1.165, 1.54) is 48.5 Å². The van der Waals surface area contributed by atoms with Crippen LogP contribution in [0.5, 0.6) is 0 Å². The van der Waals surface area contributed by atoms with Gasteiger partial charge in [-0.1, -0.05) is 97.1 Å². The summed E-state index contributed by atoms with van der Waals surface area (Å²) < 4.78 is 2.53. The van der Waals surface area contributed by atoms with Crippen molar-refractivity contribution >= 4 is 5.84 Å².